The van der Waals surface area contributed by atoms with Crippen LogP contribution in [-0.2, 0) is 19.6 Å². The highest BCUT2D eigenvalue weighted by Crippen LogP contribution is 2.20. The molecule has 24 heavy (non-hydrogen) atoms. The third kappa shape index (κ3) is 6.71. The van der Waals surface area contributed by atoms with Gasteiger partial charge >= 0.3 is 7.25 Å². The zero-order valence-corrected chi connectivity index (χ0v) is 13.7. The van der Waals surface area contributed by atoms with Crippen molar-refractivity contribution in [2.24, 2.45) is 24.4 Å². The number of hydrogen-bond donors (Lipinski definition) is 1. The summed E-state index contributed by atoms with van der Waals surface area (Å²) in [5, 5.41) is 16.3. The third-order valence-electron chi connectivity index (χ3n) is 2.72. The monoisotopic (exact) mass is 347 g/mol. The van der Waals surface area contributed by atoms with E-state index in [9.17, 15) is 17.3 Å². The molecule has 1 aromatic carbocycles. The maximum absolute atomic E-state index is 9.75. The molecule has 0 saturated carbocycles. The minimum Gasteiger partial charge on any atom is -0.418 e. The van der Waals surface area contributed by atoms with Crippen LogP contribution in [0, 0.1) is 0 Å². The van der Waals surface area contributed by atoms with Gasteiger partial charge in [0.15, 0.2) is 10.8 Å². The van der Waals surface area contributed by atoms with Gasteiger partial charge in [-0.05, 0) is 26.0 Å². The second kappa shape index (κ2) is 7.84. The van der Waals surface area contributed by atoms with Gasteiger partial charge in [0.25, 0.3) is 5.82 Å². The van der Waals surface area contributed by atoms with Gasteiger partial charge in [-0.15, -0.1) is 4.68 Å². The van der Waals surface area contributed by atoms with Crippen LogP contribution in [0.5, 0.6) is 0 Å². The van der Waals surface area contributed by atoms with E-state index in [1.54, 1.807) is 9.36 Å². The molecule has 0 spiro atoms. The summed E-state index contributed by atoms with van der Waals surface area (Å²) in [5.74, 6) is 0.867. The molecule has 0 atom stereocenters. The van der Waals surface area contributed by atoms with Crippen molar-refractivity contribution in [3.05, 3.63) is 36.2 Å². The second-order valence-corrected chi connectivity index (χ2v) is 5.28. The molecule has 2 rings (SSSR count). The Morgan fingerprint density at radius 2 is 1.71 bits per heavy atom. The van der Waals surface area contributed by atoms with E-state index in [0.29, 0.717) is 0 Å². The number of nitrogens with zero attached hydrogens (tertiary/aromatic N) is 6. The lowest BCUT2D eigenvalue weighted by Crippen LogP contribution is -2.41. The lowest BCUT2D eigenvalue weighted by Gasteiger charge is -2.13. The molecule has 0 unspecified atom stereocenters. The molecule has 0 saturated heterocycles. The number of nitrogens with one attached hydrogen (secondary N) is 1. The number of aryl methyl sites for hydroxylation is 2. The van der Waals surface area contributed by atoms with Gasteiger partial charge in [-0.2, -0.15) is 5.11 Å². The Kier molecular flexibility index (Phi) is 6.38. The molecule has 0 amide bonds. The summed E-state index contributed by atoms with van der Waals surface area (Å²) >= 11 is 0. The lowest BCUT2D eigenvalue weighted by molar-refractivity contribution is -0.741. The maximum Gasteiger partial charge on any atom is 0.673 e. The summed E-state index contributed by atoms with van der Waals surface area (Å²) in [4.78, 5) is 0. The lowest BCUT2D eigenvalue weighted by atomic mass is 10.1. The average Bonchev–Trinajstić information content (AvgIpc) is 2.78. The van der Waals surface area contributed by atoms with E-state index in [2.05, 4.69) is 26.2 Å². The predicted molar refractivity (Wildman–Crippen MR) is 80.3 cm³/mol. The fraction of sp³-hybridized carbons (Fsp3) is 0.417. The first kappa shape index (κ1) is 19.5. The van der Waals surface area contributed by atoms with Crippen molar-refractivity contribution in [2.45, 2.75) is 19.4 Å². The standard InChI is InChI=1S/C12H18N7.BF4/c1-12(2,11-18(3)16-17-19(11)4)14-15-13-10-8-6-5-7-9-10;2-1(3,4)5/h5-9H,1-4H3,(H,13,14);/q+1;-1. The van der Waals surface area contributed by atoms with Crippen LogP contribution in [0.3, 0.4) is 0 Å². The molecule has 1 aromatic heterocycles. The summed E-state index contributed by atoms with van der Waals surface area (Å²) in [6.45, 7) is 3.92. The van der Waals surface area contributed by atoms with Crippen molar-refractivity contribution >= 4 is 12.9 Å². The Hall–Kier alpha value is -2.53. The van der Waals surface area contributed by atoms with Crippen molar-refractivity contribution in [3.8, 4) is 0 Å². The molecule has 1 heterocycles. The van der Waals surface area contributed by atoms with Crippen LogP contribution >= 0.6 is 0 Å². The Morgan fingerprint density at radius 3 is 2.17 bits per heavy atom. The van der Waals surface area contributed by atoms with Gasteiger partial charge in [0.2, 0.25) is 0 Å². The molecule has 0 aliphatic rings. The number of tetrazole rings is 1. The van der Waals surface area contributed by atoms with Crippen LogP contribution in [0.1, 0.15) is 19.7 Å². The highest BCUT2D eigenvalue weighted by Gasteiger charge is 2.34. The van der Waals surface area contributed by atoms with E-state index < -0.39 is 12.8 Å². The summed E-state index contributed by atoms with van der Waals surface area (Å²) in [5.41, 5.74) is 3.28. The molecule has 0 radical (unpaired) electrons. The Bertz CT molecular complexity index is 644. The SMILES string of the molecule is Cn1nn[n+](C)c1C(C)(C)N=NNc1ccccc1.F[B-](F)(F)F. The van der Waals surface area contributed by atoms with E-state index in [4.69, 9.17) is 0 Å². The van der Waals surface area contributed by atoms with Gasteiger partial charge in [0.05, 0.1) is 19.8 Å². The van der Waals surface area contributed by atoms with Crippen LogP contribution in [0.4, 0.5) is 23.0 Å². The van der Waals surface area contributed by atoms with Crippen molar-refractivity contribution in [1.29, 1.82) is 0 Å². The largest absolute Gasteiger partial charge is 0.673 e. The minimum absolute atomic E-state index is 0.519. The fourth-order valence-electron chi connectivity index (χ4n) is 1.97. The molecule has 0 aliphatic carbocycles. The number of anilines is 1. The Balaban J connectivity index is 0.000000505. The first-order chi connectivity index (χ1) is 11.0. The highest BCUT2D eigenvalue weighted by atomic mass is 19.5. The number of para-hydroxylation sites is 1. The van der Waals surface area contributed by atoms with Crippen molar-refractivity contribution in [1.82, 2.24) is 15.1 Å². The summed E-state index contributed by atoms with van der Waals surface area (Å²) in [6.07, 6.45) is 0. The fourth-order valence-corrected chi connectivity index (χ4v) is 1.97. The number of rotatable bonds is 4. The number of aromatic nitrogens is 4. The predicted octanol–water partition coefficient (Wildman–Crippen LogP) is 2.65. The van der Waals surface area contributed by atoms with Gasteiger partial charge in [-0.3, -0.25) is 5.43 Å². The molecule has 132 valence electrons. The van der Waals surface area contributed by atoms with E-state index in [-0.39, 0.29) is 0 Å². The van der Waals surface area contributed by atoms with E-state index >= 15 is 0 Å². The summed E-state index contributed by atoms with van der Waals surface area (Å²) < 4.78 is 42.4. The van der Waals surface area contributed by atoms with Gasteiger partial charge in [-0.25, -0.2) is 0 Å². The first-order valence-electron chi connectivity index (χ1n) is 6.87. The summed E-state index contributed by atoms with van der Waals surface area (Å²) in [6, 6.07) is 9.69. The van der Waals surface area contributed by atoms with Crippen LogP contribution in [0.25, 0.3) is 0 Å². The quantitative estimate of drug-likeness (QED) is 0.304. The van der Waals surface area contributed by atoms with Crippen LogP contribution in [0.2, 0.25) is 0 Å². The zero-order chi connectivity index (χ0) is 18.4. The van der Waals surface area contributed by atoms with Crippen LogP contribution in [0.15, 0.2) is 40.7 Å². The number of halogens is 4. The molecule has 7 nitrogen and oxygen atoms in total. The topological polar surface area (TPSA) is 71.3 Å². The third-order valence-corrected chi connectivity index (χ3v) is 2.72. The Morgan fingerprint density at radius 1 is 1.17 bits per heavy atom. The van der Waals surface area contributed by atoms with E-state index in [1.807, 2.05) is 58.3 Å². The molecule has 1 N–H and O–H groups in total. The van der Waals surface area contributed by atoms with Crippen LogP contribution in [-0.4, -0.2) is 22.4 Å². The maximum atomic E-state index is 9.75. The normalized spacial score (nSPS) is 12.0. The molecular formula is C12H18BF4N7. The molecule has 0 bridgehead atoms. The van der Waals surface area contributed by atoms with E-state index in [0.717, 1.165) is 11.5 Å². The van der Waals surface area contributed by atoms with Gasteiger partial charge in [0, 0.05) is 0 Å². The smallest absolute Gasteiger partial charge is 0.418 e. The number of benzene rings is 1. The Labute approximate surface area is 136 Å². The average molecular weight is 347 g/mol. The molecular weight excluding hydrogens is 329 g/mol. The second-order valence-electron chi connectivity index (χ2n) is 5.28. The van der Waals surface area contributed by atoms with Crippen molar-refractivity contribution in [3.63, 3.8) is 0 Å². The number of hydrogen-bond acceptors (Lipinski definition) is 4. The zero-order valence-electron chi connectivity index (χ0n) is 13.7. The molecule has 12 heteroatoms. The minimum atomic E-state index is -6.00. The molecule has 0 fully saturated rings. The van der Waals surface area contributed by atoms with Crippen LogP contribution < -0.4 is 10.1 Å². The van der Waals surface area contributed by atoms with E-state index in [1.165, 1.54) is 0 Å². The highest BCUT2D eigenvalue weighted by molar-refractivity contribution is 6.50. The first-order valence-corrected chi connectivity index (χ1v) is 6.87. The molecule has 2 aromatic rings. The molecule has 0 aliphatic heterocycles. The summed E-state index contributed by atoms with van der Waals surface area (Å²) in [7, 11) is -2.32. The van der Waals surface area contributed by atoms with Crippen molar-refractivity contribution < 1.29 is 21.9 Å². The van der Waals surface area contributed by atoms with Gasteiger partial charge in [0.1, 0.15) is 5.21 Å². The van der Waals surface area contributed by atoms with Gasteiger partial charge in [-0.1, -0.05) is 28.1 Å². The van der Waals surface area contributed by atoms with Gasteiger partial charge < -0.3 is 17.3 Å². The van der Waals surface area contributed by atoms with Crippen molar-refractivity contribution in [2.75, 3.05) is 5.43 Å².